The standard InChI is InChI=1S/C17H27FN2/c1-13(11-19-17(3,4)5)12-20(6)14(2)15-9-7-8-10-16(15)18/h7-10,14,19H,1,11-12H2,2-6H3. The molecule has 0 saturated heterocycles. The number of nitrogens with zero attached hydrogens (tertiary/aromatic N) is 1. The van der Waals surface area contributed by atoms with Gasteiger partial charge < -0.3 is 5.32 Å². The first-order valence-electron chi connectivity index (χ1n) is 7.07. The van der Waals surface area contributed by atoms with Crippen LogP contribution in [0.4, 0.5) is 4.39 Å². The van der Waals surface area contributed by atoms with Crippen molar-refractivity contribution in [3.8, 4) is 0 Å². The molecule has 1 atom stereocenters. The Labute approximate surface area is 122 Å². The first-order valence-corrected chi connectivity index (χ1v) is 7.07. The summed E-state index contributed by atoms with van der Waals surface area (Å²) in [7, 11) is 2.00. The van der Waals surface area contributed by atoms with Crippen LogP contribution in [0.15, 0.2) is 36.4 Å². The van der Waals surface area contributed by atoms with Crippen LogP contribution in [0, 0.1) is 5.82 Å². The lowest BCUT2D eigenvalue weighted by Crippen LogP contribution is -2.38. The van der Waals surface area contributed by atoms with Crippen LogP contribution in [0.5, 0.6) is 0 Å². The number of benzene rings is 1. The number of hydrogen-bond acceptors (Lipinski definition) is 2. The van der Waals surface area contributed by atoms with E-state index in [1.54, 1.807) is 6.07 Å². The normalized spacial score (nSPS) is 13.6. The van der Waals surface area contributed by atoms with Gasteiger partial charge in [-0.3, -0.25) is 4.90 Å². The van der Waals surface area contributed by atoms with E-state index in [1.165, 1.54) is 6.07 Å². The third-order valence-electron chi connectivity index (χ3n) is 3.36. The van der Waals surface area contributed by atoms with Gasteiger partial charge in [-0.25, -0.2) is 4.39 Å². The van der Waals surface area contributed by atoms with E-state index in [1.807, 2.05) is 26.1 Å². The zero-order valence-corrected chi connectivity index (χ0v) is 13.3. The van der Waals surface area contributed by atoms with Crippen molar-refractivity contribution in [2.45, 2.75) is 39.3 Å². The Bertz CT molecular complexity index is 449. The van der Waals surface area contributed by atoms with Crippen LogP contribution < -0.4 is 5.32 Å². The van der Waals surface area contributed by atoms with Gasteiger partial charge in [0.15, 0.2) is 0 Å². The predicted molar refractivity (Wildman–Crippen MR) is 84.3 cm³/mol. The highest BCUT2D eigenvalue weighted by atomic mass is 19.1. The molecule has 0 aliphatic rings. The summed E-state index contributed by atoms with van der Waals surface area (Å²) in [5, 5.41) is 3.42. The van der Waals surface area contributed by atoms with Crippen LogP contribution in [0.2, 0.25) is 0 Å². The summed E-state index contributed by atoms with van der Waals surface area (Å²) in [5.74, 6) is -0.148. The Morgan fingerprint density at radius 3 is 2.50 bits per heavy atom. The Morgan fingerprint density at radius 1 is 1.35 bits per heavy atom. The summed E-state index contributed by atoms with van der Waals surface area (Å²) in [6.07, 6.45) is 0. The van der Waals surface area contributed by atoms with Crippen LogP contribution in [-0.4, -0.2) is 30.6 Å². The molecule has 0 amide bonds. The lowest BCUT2D eigenvalue weighted by Gasteiger charge is -2.28. The van der Waals surface area contributed by atoms with E-state index in [-0.39, 0.29) is 17.4 Å². The summed E-state index contributed by atoms with van der Waals surface area (Å²) in [6.45, 7) is 14.0. The van der Waals surface area contributed by atoms with E-state index in [0.717, 1.165) is 24.2 Å². The molecular weight excluding hydrogens is 251 g/mol. The Morgan fingerprint density at radius 2 is 1.95 bits per heavy atom. The molecule has 20 heavy (non-hydrogen) atoms. The summed E-state index contributed by atoms with van der Waals surface area (Å²) >= 11 is 0. The molecule has 0 aromatic heterocycles. The van der Waals surface area contributed by atoms with E-state index in [2.05, 4.69) is 37.6 Å². The molecule has 1 unspecified atom stereocenters. The summed E-state index contributed by atoms with van der Waals surface area (Å²) in [5.41, 5.74) is 1.91. The maximum Gasteiger partial charge on any atom is 0.127 e. The Balaban J connectivity index is 2.56. The lowest BCUT2D eigenvalue weighted by molar-refractivity contribution is 0.273. The molecule has 0 heterocycles. The molecule has 1 rings (SSSR count). The number of nitrogens with one attached hydrogen (secondary N) is 1. The average molecular weight is 278 g/mol. The molecule has 0 aliphatic heterocycles. The summed E-state index contributed by atoms with van der Waals surface area (Å²) in [4.78, 5) is 2.12. The minimum Gasteiger partial charge on any atom is -0.308 e. The maximum absolute atomic E-state index is 13.8. The van der Waals surface area contributed by atoms with Gasteiger partial charge in [-0.1, -0.05) is 24.8 Å². The van der Waals surface area contributed by atoms with Gasteiger partial charge in [0, 0.05) is 30.2 Å². The van der Waals surface area contributed by atoms with E-state index in [4.69, 9.17) is 0 Å². The number of rotatable bonds is 6. The molecular formula is C17H27FN2. The number of halogens is 1. The van der Waals surface area contributed by atoms with Crippen molar-refractivity contribution in [3.05, 3.63) is 47.8 Å². The van der Waals surface area contributed by atoms with E-state index in [9.17, 15) is 4.39 Å². The zero-order valence-electron chi connectivity index (χ0n) is 13.3. The van der Waals surface area contributed by atoms with E-state index < -0.39 is 0 Å². The van der Waals surface area contributed by atoms with Gasteiger partial charge in [0.2, 0.25) is 0 Å². The van der Waals surface area contributed by atoms with Gasteiger partial charge in [-0.2, -0.15) is 0 Å². The van der Waals surface area contributed by atoms with Gasteiger partial charge in [0.25, 0.3) is 0 Å². The van der Waals surface area contributed by atoms with Gasteiger partial charge >= 0.3 is 0 Å². The minimum atomic E-state index is -0.148. The van der Waals surface area contributed by atoms with Crippen molar-refractivity contribution < 1.29 is 4.39 Å². The van der Waals surface area contributed by atoms with E-state index in [0.29, 0.717) is 0 Å². The summed E-state index contributed by atoms with van der Waals surface area (Å²) < 4.78 is 13.8. The minimum absolute atomic E-state index is 0.0302. The predicted octanol–water partition coefficient (Wildman–Crippen LogP) is 3.76. The van der Waals surface area contributed by atoms with Gasteiger partial charge in [-0.05, 0) is 46.4 Å². The topological polar surface area (TPSA) is 15.3 Å². The largest absolute Gasteiger partial charge is 0.308 e. The number of hydrogen-bond donors (Lipinski definition) is 1. The molecule has 0 bridgehead atoms. The third-order valence-corrected chi connectivity index (χ3v) is 3.36. The van der Waals surface area contributed by atoms with Crippen LogP contribution in [0.25, 0.3) is 0 Å². The fraction of sp³-hybridized carbons (Fsp3) is 0.529. The molecule has 112 valence electrons. The molecule has 0 fully saturated rings. The van der Waals surface area contributed by atoms with Crippen molar-refractivity contribution in [1.29, 1.82) is 0 Å². The van der Waals surface area contributed by atoms with Gasteiger partial charge in [0.05, 0.1) is 0 Å². The lowest BCUT2D eigenvalue weighted by atomic mass is 10.1. The van der Waals surface area contributed by atoms with Crippen molar-refractivity contribution in [2.75, 3.05) is 20.1 Å². The highest BCUT2D eigenvalue weighted by Crippen LogP contribution is 2.21. The quantitative estimate of drug-likeness (QED) is 0.797. The molecule has 3 heteroatoms. The first-order chi connectivity index (χ1) is 9.20. The molecule has 0 spiro atoms. The SMILES string of the molecule is C=C(CNC(C)(C)C)CN(C)C(C)c1ccccc1F. The fourth-order valence-corrected chi connectivity index (χ4v) is 1.99. The molecule has 2 nitrogen and oxygen atoms in total. The highest BCUT2D eigenvalue weighted by Gasteiger charge is 2.16. The Kier molecular flexibility index (Phi) is 5.90. The van der Waals surface area contributed by atoms with Crippen molar-refractivity contribution >= 4 is 0 Å². The molecule has 0 radical (unpaired) electrons. The summed E-state index contributed by atoms with van der Waals surface area (Å²) in [6, 6.07) is 6.97. The van der Waals surface area contributed by atoms with Crippen LogP contribution in [0.1, 0.15) is 39.3 Å². The molecule has 1 aromatic carbocycles. The van der Waals surface area contributed by atoms with Gasteiger partial charge in [-0.15, -0.1) is 0 Å². The fourth-order valence-electron chi connectivity index (χ4n) is 1.99. The van der Waals surface area contributed by atoms with E-state index >= 15 is 0 Å². The third kappa shape index (κ3) is 5.43. The highest BCUT2D eigenvalue weighted by molar-refractivity contribution is 5.21. The molecule has 0 saturated carbocycles. The van der Waals surface area contributed by atoms with Crippen molar-refractivity contribution in [2.24, 2.45) is 0 Å². The monoisotopic (exact) mass is 278 g/mol. The first kappa shape index (κ1) is 16.9. The Hall–Kier alpha value is -1.19. The number of likely N-dealkylation sites (N-methyl/N-ethyl adjacent to an activating group) is 1. The second kappa shape index (κ2) is 7.00. The maximum atomic E-state index is 13.8. The molecule has 1 N–H and O–H groups in total. The van der Waals surface area contributed by atoms with Crippen molar-refractivity contribution in [3.63, 3.8) is 0 Å². The average Bonchev–Trinajstić information content (AvgIpc) is 2.35. The van der Waals surface area contributed by atoms with Gasteiger partial charge in [0.1, 0.15) is 5.82 Å². The van der Waals surface area contributed by atoms with Crippen LogP contribution in [0.3, 0.4) is 0 Å². The zero-order chi connectivity index (χ0) is 15.3. The van der Waals surface area contributed by atoms with Crippen LogP contribution in [-0.2, 0) is 0 Å². The van der Waals surface area contributed by atoms with Crippen molar-refractivity contribution in [1.82, 2.24) is 10.2 Å². The molecule has 0 aliphatic carbocycles. The second-order valence-corrected chi connectivity index (χ2v) is 6.47. The molecule has 1 aromatic rings. The second-order valence-electron chi connectivity index (χ2n) is 6.47. The van der Waals surface area contributed by atoms with Crippen LogP contribution >= 0.6 is 0 Å². The smallest absolute Gasteiger partial charge is 0.127 e.